The monoisotopic (exact) mass is 313 g/mol. The lowest BCUT2D eigenvalue weighted by Gasteiger charge is -2.04. The van der Waals surface area contributed by atoms with Gasteiger partial charge in [0.25, 0.3) is 11.3 Å². The smallest absolute Gasteiger partial charge is 0.376 e. The average molecular weight is 313 g/mol. The molecule has 23 heavy (non-hydrogen) atoms. The zero-order valence-electron chi connectivity index (χ0n) is 13.0. The van der Waals surface area contributed by atoms with Crippen molar-refractivity contribution < 1.29 is 9.53 Å². The molecule has 0 atom stereocenters. The van der Waals surface area contributed by atoms with Crippen LogP contribution in [0, 0.1) is 13.8 Å². The van der Waals surface area contributed by atoms with Crippen LogP contribution in [-0.4, -0.2) is 37.0 Å². The lowest BCUT2D eigenvalue weighted by atomic mass is 10.2. The first kappa shape index (κ1) is 14.9. The van der Waals surface area contributed by atoms with E-state index in [2.05, 4.69) is 15.3 Å². The van der Waals surface area contributed by atoms with Gasteiger partial charge in [-0.05, 0) is 32.4 Å². The van der Waals surface area contributed by atoms with Gasteiger partial charge < -0.3 is 4.74 Å². The van der Waals surface area contributed by atoms with Crippen molar-refractivity contribution in [3.63, 3.8) is 0 Å². The van der Waals surface area contributed by atoms with E-state index in [1.165, 1.54) is 11.6 Å². The fourth-order valence-corrected chi connectivity index (χ4v) is 2.26. The highest BCUT2D eigenvalue weighted by Crippen LogP contribution is 2.15. The van der Waals surface area contributed by atoms with Crippen LogP contribution in [0.2, 0.25) is 0 Å². The minimum atomic E-state index is -0.681. The Morgan fingerprint density at radius 2 is 1.96 bits per heavy atom. The van der Waals surface area contributed by atoms with Gasteiger partial charge in [-0.1, -0.05) is 18.2 Å². The normalized spacial score (nSPS) is 10.9. The second kappa shape index (κ2) is 5.64. The number of para-hydroxylation sites is 1. The lowest BCUT2D eigenvalue weighted by molar-refractivity contribution is 0.0509. The predicted octanol–water partition coefficient (Wildman–Crippen LogP) is 1.07. The quantitative estimate of drug-likeness (QED) is 0.672. The molecule has 0 N–H and O–H groups in total. The number of ether oxygens (including phenoxy) is 1. The van der Waals surface area contributed by atoms with Crippen molar-refractivity contribution in [3.8, 4) is 5.69 Å². The Kier molecular flexibility index (Phi) is 3.65. The highest BCUT2D eigenvalue weighted by molar-refractivity contribution is 5.86. The van der Waals surface area contributed by atoms with Crippen molar-refractivity contribution in [2.45, 2.75) is 20.8 Å². The number of nitrogens with zero attached hydrogens (tertiary/aromatic N) is 5. The van der Waals surface area contributed by atoms with Gasteiger partial charge in [0.1, 0.15) is 5.69 Å². The maximum Gasteiger partial charge on any atom is 0.376 e. The molecule has 0 spiro atoms. The minimum Gasteiger partial charge on any atom is -0.460 e. The Hall–Kier alpha value is -3.03. The van der Waals surface area contributed by atoms with Gasteiger partial charge in [0, 0.05) is 0 Å². The summed E-state index contributed by atoms with van der Waals surface area (Å²) in [6.45, 7) is 5.30. The van der Waals surface area contributed by atoms with Gasteiger partial charge in [0.15, 0.2) is 0 Å². The molecule has 8 heteroatoms. The number of hydrogen-bond donors (Lipinski definition) is 0. The molecule has 0 amide bonds. The van der Waals surface area contributed by atoms with Crippen molar-refractivity contribution in [2.24, 2.45) is 0 Å². The number of aromatic nitrogens is 5. The minimum absolute atomic E-state index is 0.117. The number of aryl methyl sites for hydroxylation is 2. The highest BCUT2D eigenvalue weighted by Gasteiger charge is 2.23. The molecule has 8 nitrogen and oxygen atoms in total. The molecule has 0 aliphatic heterocycles. The van der Waals surface area contributed by atoms with E-state index in [1.807, 2.05) is 31.2 Å². The lowest BCUT2D eigenvalue weighted by Crippen LogP contribution is -2.23. The third-order valence-electron chi connectivity index (χ3n) is 3.40. The molecule has 2 heterocycles. The number of benzene rings is 1. The van der Waals surface area contributed by atoms with Gasteiger partial charge in [0.2, 0.25) is 5.82 Å². The zero-order chi connectivity index (χ0) is 16.6. The van der Waals surface area contributed by atoms with Crippen LogP contribution in [-0.2, 0) is 4.74 Å². The van der Waals surface area contributed by atoms with Gasteiger partial charge in [-0.15, -0.1) is 15.3 Å². The first-order valence-corrected chi connectivity index (χ1v) is 7.12. The summed E-state index contributed by atoms with van der Waals surface area (Å²) >= 11 is 0. The summed E-state index contributed by atoms with van der Waals surface area (Å²) in [7, 11) is 0. The summed E-state index contributed by atoms with van der Waals surface area (Å²) in [6.07, 6.45) is 0. The van der Waals surface area contributed by atoms with Crippen LogP contribution < -0.4 is 5.56 Å². The Morgan fingerprint density at radius 1 is 1.22 bits per heavy atom. The molecule has 0 fully saturated rings. The van der Waals surface area contributed by atoms with E-state index in [0.717, 1.165) is 9.96 Å². The van der Waals surface area contributed by atoms with Crippen LogP contribution >= 0.6 is 0 Å². The Balaban J connectivity index is 2.37. The summed E-state index contributed by atoms with van der Waals surface area (Å²) in [5, 5.41) is 12.1. The molecule has 3 aromatic rings. The summed E-state index contributed by atoms with van der Waals surface area (Å²) < 4.78 is 7.55. The van der Waals surface area contributed by atoms with Crippen molar-refractivity contribution >= 4 is 11.7 Å². The molecule has 0 aliphatic rings. The summed E-state index contributed by atoms with van der Waals surface area (Å²) in [6, 6.07) is 7.45. The van der Waals surface area contributed by atoms with E-state index in [1.54, 1.807) is 6.92 Å². The van der Waals surface area contributed by atoms with E-state index in [0.29, 0.717) is 5.69 Å². The fraction of sp³-hybridized carbons (Fsp3) is 0.267. The molecule has 0 saturated carbocycles. The third kappa shape index (κ3) is 2.37. The number of fused-ring (bicyclic) bond motifs is 1. The number of carbonyl (C=O) groups is 1. The molecule has 0 saturated heterocycles. The second-order valence-electron chi connectivity index (χ2n) is 4.97. The first-order valence-electron chi connectivity index (χ1n) is 7.12. The van der Waals surface area contributed by atoms with Crippen LogP contribution in [0.15, 0.2) is 29.1 Å². The van der Waals surface area contributed by atoms with E-state index >= 15 is 0 Å². The number of carbonyl (C=O) groups excluding carboxylic acids is 1. The van der Waals surface area contributed by atoms with Crippen molar-refractivity contribution in [2.75, 3.05) is 6.61 Å². The van der Waals surface area contributed by atoms with Crippen LogP contribution in [0.4, 0.5) is 0 Å². The van der Waals surface area contributed by atoms with E-state index in [4.69, 9.17) is 4.74 Å². The SMILES string of the molecule is CCOC(=O)c1nn(-c2ccccc2C)c2nnc(C)c(=O)n12. The van der Waals surface area contributed by atoms with Crippen LogP contribution in [0.1, 0.15) is 28.8 Å². The van der Waals surface area contributed by atoms with E-state index in [-0.39, 0.29) is 23.9 Å². The molecule has 0 aliphatic carbocycles. The number of hydrogen-bond acceptors (Lipinski definition) is 6. The molecule has 0 radical (unpaired) electrons. The summed E-state index contributed by atoms with van der Waals surface area (Å²) in [4.78, 5) is 24.5. The molecule has 3 rings (SSSR count). The van der Waals surface area contributed by atoms with Crippen molar-refractivity contribution in [1.29, 1.82) is 0 Å². The van der Waals surface area contributed by atoms with Gasteiger partial charge in [-0.25, -0.2) is 9.20 Å². The van der Waals surface area contributed by atoms with Gasteiger partial charge in [-0.2, -0.15) is 4.68 Å². The van der Waals surface area contributed by atoms with Crippen LogP contribution in [0.3, 0.4) is 0 Å². The fourth-order valence-electron chi connectivity index (χ4n) is 2.26. The van der Waals surface area contributed by atoms with Crippen molar-refractivity contribution in [3.05, 3.63) is 51.7 Å². The van der Waals surface area contributed by atoms with Crippen LogP contribution in [0.25, 0.3) is 11.5 Å². The Morgan fingerprint density at radius 3 is 2.65 bits per heavy atom. The van der Waals surface area contributed by atoms with Gasteiger partial charge in [-0.3, -0.25) is 4.79 Å². The largest absolute Gasteiger partial charge is 0.460 e. The van der Waals surface area contributed by atoms with E-state index < -0.39 is 11.5 Å². The van der Waals surface area contributed by atoms with Crippen molar-refractivity contribution in [1.82, 2.24) is 24.4 Å². The highest BCUT2D eigenvalue weighted by atomic mass is 16.5. The molecule has 118 valence electrons. The van der Waals surface area contributed by atoms with E-state index in [9.17, 15) is 9.59 Å². The molecule has 0 unspecified atom stereocenters. The van der Waals surface area contributed by atoms with Gasteiger partial charge in [0.05, 0.1) is 12.3 Å². The molecule has 2 aromatic heterocycles. The number of rotatable bonds is 3. The Labute approximate surface area is 131 Å². The standard InChI is InChI=1S/C15H15N5O3/c1-4-23-14(22)12-18-20(11-8-6-5-7-9(11)2)15-17-16-10(3)13(21)19(12)15/h5-8H,4H2,1-3H3. The second-order valence-corrected chi connectivity index (χ2v) is 4.97. The molecular weight excluding hydrogens is 298 g/mol. The number of esters is 1. The maximum atomic E-state index is 12.4. The summed E-state index contributed by atoms with van der Waals surface area (Å²) in [5.41, 5.74) is 1.36. The topological polar surface area (TPSA) is 91.4 Å². The van der Waals surface area contributed by atoms with Crippen LogP contribution in [0.5, 0.6) is 0 Å². The third-order valence-corrected chi connectivity index (χ3v) is 3.40. The summed E-state index contributed by atoms with van der Waals surface area (Å²) in [5.74, 6) is -0.634. The maximum absolute atomic E-state index is 12.4. The Bertz CT molecular complexity index is 957. The average Bonchev–Trinajstić information content (AvgIpc) is 2.92. The first-order chi connectivity index (χ1) is 11.0. The molecule has 1 aromatic carbocycles. The zero-order valence-corrected chi connectivity index (χ0v) is 13.0. The van der Waals surface area contributed by atoms with Gasteiger partial charge >= 0.3 is 5.97 Å². The predicted molar refractivity (Wildman–Crippen MR) is 81.8 cm³/mol. The molecular formula is C15H15N5O3. The molecule has 0 bridgehead atoms.